The van der Waals surface area contributed by atoms with E-state index < -0.39 is 6.61 Å². The Balaban J connectivity index is 0.00000264. The van der Waals surface area contributed by atoms with Crippen molar-refractivity contribution in [3.63, 3.8) is 0 Å². The van der Waals surface area contributed by atoms with Gasteiger partial charge in [0.25, 0.3) is 0 Å². The standard InChI is InChI=1S/C16H22F2N2O2.ClH/c1-11-3-2-4-13(22-16(17)18)15(11)20-14(21)6-5-12-7-9-19-10-8-12;/h2-4,12,16,19H,5-10H2,1H3,(H,20,21);1H. The van der Waals surface area contributed by atoms with E-state index in [1.807, 2.05) is 0 Å². The molecule has 2 N–H and O–H groups in total. The van der Waals surface area contributed by atoms with Gasteiger partial charge in [-0.15, -0.1) is 12.4 Å². The van der Waals surface area contributed by atoms with Crippen LogP contribution in [-0.4, -0.2) is 25.6 Å². The summed E-state index contributed by atoms with van der Waals surface area (Å²) in [7, 11) is 0. The molecule has 1 aliphatic heterocycles. The molecule has 130 valence electrons. The number of hydrogen-bond donors (Lipinski definition) is 2. The topological polar surface area (TPSA) is 50.4 Å². The highest BCUT2D eigenvalue weighted by Gasteiger charge is 2.17. The minimum atomic E-state index is -2.91. The number of ether oxygens (including phenoxy) is 1. The second-order valence-electron chi connectivity index (χ2n) is 5.61. The van der Waals surface area contributed by atoms with Crippen molar-refractivity contribution in [3.05, 3.63) is 23.8 Å². The number of rotatable bonds is 6. The first-order valence-corrected chi connectivity index (χ1v) is 7.61. The minimum Gasteiger partial charge on any atom is -0.433 e. The molecule has 2 rings (SSSR count). The molecule has 23 heavy (non-hydrogen) atoms. The van der Waals surface area contributed by atoms with Crippen molar-refractivity contribution < 1.29 is 18.3 Å². The number of piperidine rings is 1. The third kappa shape index (κ3) is 6.31. The summed E-state index contributed by atoms with van der Waals surface area (Å²) >= 11 is 0. The Bertz CT molecular complexity index is 509. The van der Waals surface area contributed by atoms with Crippen LogP contribution < -0.4 is 15.4 Å². The molecule has 7 heteroatoms. The van der Waals surface area contributed by atoms with Crippen molar-refractivity contribution in [2.75, 3.05) is 18.4 Å². The zero-order valence-electron chi connectivity index (χ0n) is 13.1. The lowest BCUT2D eigenvalue weighted by Crippen LogP contribution is -2.28. The summed E-state index contributed by atoms with van der Waals surface area (Å²) in [5, 5.41) is 6.00. The molecule has 0 spiro atoms. The molecule has 0 bridgehead atoms. The number of nitrogens with one attached hydrogen (secondary N) is 2. The molecular formula is C16H23ClF2N2O2. The summed E-state index contributed by atoms with van der Waals surface area (Å²) in [6, 6.07) is 4.81. The second kappa shape index (κ2) is 9.67. The highest BCUT2D eigenvalue weighted by Crippen LogP contribution is 2.30. The Kier molecular flexibility index (Phi) is 8.26. The minimum absolute atomic E-state index is 0. The first kappa shape index (κ1) is 19.6. The lowest BCUT2D eigenvalue weighted by Gasteiger charge is -2.22. The third-order valence-corrected chi connectivity index (χ3v) is 3.95. The van der Waals surface area contributed by atoms with Crippen molar-refractivity contribution in [1.29, 1.82) is 0 Å². The molecule has 1 heterocycles. The van der Waals surface area contributed by atoms with E-state index >= 15 is 0 Å². The molecule has 1 aromatic carbocycles. The highest BCUT2D eigenvalue weighted by molar-refractivity contribution is 5.93. The van der Waals surface area contributed by atoms with Crippen LogP contribution in [0.4, 0.5) is 14.5 Å². The zero-order valence-corrected chi connectivity index (χ0v) is 13.9. The Hall–Kier alpha value is -1.40. The van der Waals surface area contributed by atoms with Gasteiger partial charge in [-0.2, -0.15) is 8.78 Å². The maximum atomic E-state index is 12.4. The van der Waals surface area contributed by atoms with Gasteiger partial charge in [-0.25, -0.2) is 0 Å². The lowest BCUT2D eigenvalue weighted by molar-refractivity contribution is -0.116. The molecule has 0 unspecified atom stereocenters. The monoisotopic (exact) mass is 348 g/mol. The number of carbonyl (C=O) groups excluding carboxylic acids is 1. The maximum Gasteiger partial charge on any atom is 0.387 e. The van der Waals surface area contributed by atoms with Gasteiger partial charge < -0.3 is 15.4 Å². The number of carbonyl (C=O) groups is 1. The summed E-state index contributed by atoms with van der Waals surface area (Å²) in [4.78, 5) is 12.1. The number of para-hydroxylation sites is 1. The predicted octanol–water partition coefficient (Wildman–Crippen LogP) is 3.74. The molecular weight excluding hydrogens is 326 g/mol. The summed E-state index contributed by atoms with van der Waals surface area (Å²) in [6.07, 6.45) is 3.38. The molecule has 0 atom stereocenters. The summed E-state index contributed by atoms with van der Waals surface area (Å²) in [5.74, 6) is 0.401. The van der Waals surface area contributed by atoms with Crippen LogP contribution in [0, 0.1) is 12.8 Å². The van der Waals surface area contributed by atoms with E-state index in [2.05, 4.69) is 15.4 Å². The van der Waals surface area contributed by atoms with Crippen LogP contribution in [-0.2, 0) is 4.79 Å². The smallest absolute Gasteiger partial charge is 0.387 e. The zero-order chi connectivity index (χ0) is 15.9. The number of aryl methyl sites for hydroxylation is 1. The van der Waals surface area contributed by atoms with Crippen LogP contribution in [0.3, 0.4) is 0 Å². The number of amides is 1. The van der Waals surface area contributed by atoms with Crippen LogP contribution in [0.15, 0.2) is 18.2 Å². The molecule has 1 fully saturated rings. The number of halogens is 3. The van der Waals surface area contributed by atoms with Crippen molar-refractivity contribution >= 4 is 24.0 Å². The van der Waals surface area contributed by atoms with E-state index in [-0.39, 0.29) is 24.1 Å². The summed E-state index contributed by atoms with van der Waals surface area (Å²) in [5.41, 5.74) is 1.03. The van der Waals surface area contributed by atoms with Gasteiger partial charge in [0.05, 0.1) is 5.69 Å². The van der Waals surface area contributed by atoms with Crippen LogP contribution in [0.1, 0.15) is 31.2 Å². The van der Waals surface area contributed by atoms with Gasteiger partial charge in [-0.3, -0.25) is 4.79 Å². The van der Waals surface area contributed by atoms with Gasteiger partial charge in [-0.05, 0) is 56.8 Å². The van der Waals surface area contributed by atoms with Crippen LogP contribution >= 0.6 is 12.4 Å². The molecule has 1 aromatic rings. The number of anilines is 1. The van der Waals surface area contributed by atoms with Gasteiger partial charge in [0, 0.05) is 6.42 Å². The quantitative estimate of drug-likeness (QED) is 0.823. The first-order chi connectivity index (χ1) is 10.6. The summed E-state index contributed by atoms with van der Waals surface area (Å²) < 4.78 is 29.3. The average molecular weight is 349 g/mol. The van der Waals surface area contributed by atoms with Crippen LogP contribution in [0.5, 0.6) is 5.75 Å². The molecule has 0 saturated carbocycles. The van der Waals surface area contributed by atoms with Crippen molar-refractivity contribution in [1.82, 2.24) is 5.32 Å². The third-order valence-electron chi connectivity index (χ3n) is 3.95. The van der Waals surface area contributed by atoms with Gasteiger partial charge in [-0.1, -0.05) is 12.1 Å². The van der Waals surface area contributed by atoms with Gasteiger partial charge in [0.1, 0.15) is 5.75 Å². The SMILES string of the molecule is Cc1cccc(OC(F)F)c1NC(=O)CCC1CCNCC1.Cl. The molecule has 1 aliphatic rings. The van der Waals surface area contributed by atoms with E-state index in [1.165, 1.54) is 6.07 Å². The second-order valence-corrected chi connectivity index (χ2v) is 5.61. The largest absolute Gasteiger partial charge is 0.433 e. The summed E-state index contributed by atoms with van der Waals surface area (Å²) in [6.45, 7) is 0.834. The lowest BCUT2D eigenvalue weighted by atomic mass is 9.93. The first-order valence-electron chi connectivity index (χ1n) is 7.61. The Morgan fingerprint density at radius 1 is 1.39 bits per heavy atom. The van der Waals surface area contributed by atoms with E-state index in [9.17, 15) is 13.6 Å². The van der Waals surface area contributed by atoms with Crippen LogP contribution in [0.25, 0.3) is 0 Å². The molecule has 4 nitrogen and oxygen atoms in total. The number of alkyl halides is 2. The Morgan fingerprint density at radius 2 is 2.09 bits per heavy atom. The Labute approximate surface area is 141 Å². The normalized spacial score (nSPS) is 15.1. The number of benzene rings is 1. The van der Waals surface area contributed by atoms with Crippen molar-refractivity contribution in [3.8, 4) is 5.75 Å². The van der Waals surface area contributed by atoms with Crippen LogP contribution in [0.2, 0.25) is 0 Å². The highest BCUT2D eigenvalue weighted by atomic mass is 35.5. The fourth-order valence-electron chi connectivity index (χ4n) is 2.70. The van der Waals surface area contributed by atoms with E-state index in [1.54, 1.807) is 19.1 Å². The fraction of sp³-hybridized carbons (Fsp3) is 0.562. The number of hydrogen-bond acceptors (Lipinski definition) is 3. The molecule has 0 aliphatic carbocycles. The average Bonchev–Trinajstić information content (AvgIpc) is 2.49. The van der Waals surface area contributed by atoms with Crippen molar-refractivity contribution in [2.45, 2.75) is 39.2 Å². The van der Waals surface area contributed by atoms with E-state index in [0.29, 0.717) is 23.6 Å². The van der Waals surface area contributed by atoms with Gasteiger partial charge >= 0.3 is 6.61 Å². The Morgan fingerprint density at radius 3 is 2.74 bits per heavy atom. The molecule has 1 saturated heterocycles. The van der Waals surface area contributed by atoms with Crippen molar-refractivity contribution in [2.24, 2.45) is 5.92 Å². The van der Waals surface area contributed by atoms with Gasteiger partial charge in [0.15, 0.2) is 0 Å². The van der Waals surface area contributed by atoms with E-state index in [4.69, 9.17) is 0 Å². The predicted molar refractivity (Wildman–Crippen MR) is 88.5 cm³/mol. The molecule has 0 aromatic heterocycles. The molecule has 1 amide bonds. The molecule has 0 radical (unpaired) electrons. The maximum absolute atomic E-state index is 12.4. The van der Waals surface area contributed by atoms with E-state index in [0.717, 1.165) is 32.4 Å². The van der Waals surface area contributed by atoms with Gasteiger partial charge in [0.2, 0.25) is 5.91 Å². The fourth-order valence-corrected chi connectivity index (χ4v) is 2.70.